The molecule has 0 aromatic carbocycles. The summed E-state index contributed by atoms with van der Waals surface area (Å²) in [5.41, 5.74) is 5.81. The lowest BCUT2D eigenvalue weighted by Crippen LogP contribution is -2.57. The Kier molecular flexibility index (Phi) is 3.89. The minimum atomic E-state index is -0.375. The molecule has 0 spiro atoms. The van der Waals surface area contributed by atoms with Gasteiger partial charge in [-0.2, -0.15) is 0 Å². The lowest BCUT2D eigenvalue weighted by Gasteiger charge is -2.40. The fourth-order valence-corrected chi connectivity index (χ4v) is 1.57. The van der Waals surface area contributed by atoms with E-state index in [-0.39, 0.29) is 30.4 Å². The van der Waals surface area contributed by atoms with Crippen LogP contribution in [0.1, 0.15) is 20.3 Å². The van der Waals surface area contributed by atoms with Crippen LogP contribution in [0.3, 0.4) is 0 Å². The molecule has 1 amide bonds. The molecule has 1 fully saturated rings. The van der Waals surface area contributed by atoms with Crippen LogP contribution in [-0.2, 0) is 4.79 Å². The van der Waals surface area contributed by atoms with Gasteiger partial charge in [0.15, 0.2) is 0 Å². The molecule has 14 heavy (non-hydrogen) atoms. The quantitative estimate of drug-likeness (QED) is 0.661. The van der Waals surface area contributed by atoms with Crippen molar-refractivity contribution in [3.63, 3.8) is 0 Å². The fourth-order valence-electron chi connectivity index (χ4n) is 1.57. The van der Waals surface area contributed by atoms with Crippen molar-refractivity contribution in [2.45, 2.75) is 26.3 Å². The number of hydrogen-bond donors (Lipinski definition) is 2. The summed E-state index contributed by atoms with van der Waals surface area (Å²) in [6.45, 7) is 5.53. The van der Waals surface area contributed by atoms with E-state index in [4.69, 9.17) is 10.8 Å². The second-order valence-electron chi connectivity index (χ2n) is 4.20. The number of rotatable bonds is 4. The second-order valence-corrected chi connectivity index (χ2v) is 4.20. The Hall–Kier alpha value is -0.610. The van der Waals surface area contributed by atoms with E-state index in [0.29, 0.717) is 13.1 Å². The van der Waals surface area contributed by atoms with Crippen molar-refractivity contribution >= 4 is 5.91 Å². The fraction of sp³-hybridized carbons (Fsp3) is 0.900. The molecule has 1 aliphatic heterocycles. The van der Waals surface area contributed by atoms with Gasteiger partial charge in [0.05, 0.1) is 6.04 Å². The third kappa shape index (κ3) is 2.25. The van der Waals surface area contributed by atoms with E-state index in [9.17, 15) is 4.79 Å². The van der Waals surface area contributed by atoms with Crippen LogP contribution in [0.25, 0.3) is 0 Å². The summed E-state index contributed by atoms with van der Waals surface area (Å²) >= 11 is 0. The van der Waals surface area contributed by atoms with Gasteiger partial charge < -0.3 is 15.7 Å². The van der Waals surface area contributed by atoms with E-state index >= 15 is 0 Å². The highest BCUT2D eigenvalue weighted by molar-refractivity contribution is 5.82. The van der Waals surface area contributed by atoms with E-state index < -0.39 is 0 Å². The second kappa shape index (κ2) is 4.75. The highest BCUT2D eigenvalue weighted by Gasteiger charge is 2.33. The predicted octanol–water partition coefficient (Wildman–Crippen LogP) is -0.189. The standard InChI is InChI=1S/C10H20N2O2/c1-3-7(2)9(11)10(14)12-4-8(5-12)6-13/h7-9,13H,3-6,11H2,1-2H3. The molecule has 2 unspecified atom stereocenters. The number of aliphatic hydroxyl groups excluding tert-OH is 1. The normalized spacial score (nSPS) is 21.6. The maximum absolute atomic E-state index is 11.7. The zero-order chi connectivity index (χ0) is 10.7. The minimum Gasteiger partial charge on any atom is -0.396 e. The zero-order valence-corrected chi connectivity index (χ0v) is 8.94. The molecule has 0 aliphatic carbocycles. The molecule has 4 nitrogen and oxygen atoms in total. The first-order valence-electron chi connectivity index (χ1n) is 5.25. The summed E-state index contributed by atoms with van der Waals surface area (Å²) in [6.07, 6.45) is 0.921. The van der Waals surface area contributed by atoms with Gasteiger partial charge in [0.2, 0.25) is 5.91 Å². The molecular formula is C10H20N2O2. The number of nitrogens with zero attached hydrogens (tertiary/aromatic N) is 1. The van der Waals surface area contributed by atoms with Crippen molar-refractivity contribution < 1.29 is 9.90 Å². The smallest absolute Gasteiger partial charge is 0.239 e. The summed E-state index contributed by atoms with van der Waals surface area (Å²) in [6, 6.07) is -0.375. The molecule has 4 heteroatoms. The van der Waals surface area contributed by atoms with Crippen molar-refractivity contribution in [2.75, 3.05) is 19.7 Å². The topological polar surface area (TPSA) is 66.6 Å². The number of amides is 1. The predicted molar refractivity (Wildman–Crippen MR) is 54.6 cm³/mol. The zero-order valence-electron chi connectivity index (χ0n) is 8.94. The van der Waals surface area contributed by atoms with Crippen LogP contribution < -0.4 is 5.73 Å². The third-order valence-electron chi connectivity index (χ3n) is 3.07. The summed E-state index contributed by atoms with van der Waals surface area (Å²) in [4.78, 5) is 13.4. The third-order valence-corrected chi connectivity index (χ3v) is 3.07. The molecule has 82 valence electrons. The average molecular weight is 200 g/mol. The van der Waals surface area contributed by atoms with Crippen LogP contribution in [0.5, 0.6) is 0 Å². The minimum absolute atomic E-state index is 0.0315. The summed E-state index contributed by atoms with van der Waals surface area (Å²) in [7, 11) is 0. The molecule has 0 aromatic heterocycles. The first-order valence-corrected chi connectivity index (χ1v) is 5.25. The number of hydrogen-bond acceptors (Lipinski definition) is 3. The Labute approximate surface area is 85.1 Å². The maximum atomic E-state index is 11.7. The van der Waals surface area contributed by atoms with Crippen molar-refractivity contribution in [1.29, 1.82) is 0 Å². The van der Waals surface area contributed by atoms with Gasteiger partial charge in [-0.3, -0.25) is 4.79 Å². The van der Waals surface area contributed by atoms with Gasteiger partial charge in [-0.15, -0.1) is 0 Å². The molecule has 0 saturated carbocycles. The van der Waals surface area contributed by atoms with E-state index in [1.54, 1.807) is 4.90 Å². The van der Waals surface area contributed by atoms with Crippen molar-refractivity contribution in [2.24, 2.45) is 17.6 Å². The Balaban J connectivity index is 2.36. The van der Waals surface area contributed by atoms with Gasteiger partial charge in [0.25, 0.3) is 0 Å². The van der Waals surface area contributed by atoms with Crippen molar-refractivity contribution in [3.8, 4) is 0 Å². The molecule has 1 rings (SSSR count). The largest absolute Gasteiger partial charge is 0.396 e. The summed E-state index contributed by atoms with van der Waals surface area (Å²) < 4.78 is 0. The Morgan fingerprint density at radius 1 is 1.64 bits per heavy atom. The highest BCUT2D eigenvalue weighted by atomic mass is 16.3. The molecule has 2 atom stereocenters. The Bertz CT molecular complexity index is 202. The average Bonchev–Trinajstić information content (AvgIpc) is 2.13. The van der Waals surface area contributed by atoms with Gasteiger partial charge in [-0.05, 0) is 5.92 Å². The van der Waals surface area contributed by atoms with Gasteiger partial charge in [-0.25, -0.2) is 0 Å². The molecule has 3 N–H and O–H groups in total. The number of carbonyl (C=O) groups excluding carboxylic acids is 1. The molecule has 0 radical (unpaired) electrons. The van der Waals surface area contributed by atoms with Crippen LogP contribution >= 0.6 is 0 Å². The van der Waals surface area contributed by atoms with Crippen molar-refractivity contribution in [1.82, 2.24) is 4.90 Å². The maximum Gasteiger partial charge on any atom is 0.239 e. The monoisotopic (exact) mass is 200 g/mol. The highest BCUT2D eigenvalue weighted by Crippen LogP contribution is 2.18. The lowest BCUT2D eigenvalue weighted by molar-refractivity contribution is -0.141. The first kappa shape index (κ1) is 11.5. The molecule has 0 bridgehead atoms. The Morgan fingerprint density at radius 2 is 2.21 bits per heavy atom. The SMILES string of the molecule is CCC(C)C(N)C(=O)N1CC(CO)C1. The number of aliphatic hydroxyl groups is 1. The molecular weight excluding hydrogens is 180 g/mol. The van der Waals surface area contributed by atoms with Gasteiger partial charge >= 0.3 is 0 Å². The number of nitrogens with two attached hydrogens (primary N) is 1. The van der Waals surface area contributed by atoms with E-state index in [1.165, 1.54) is 0 Å². The van der Waals surface area contributed by atoms with Gasteiger partial charge in [0.1, 0.15) is 0 Å². The van der Waals surface area contributed by atoms with Crippen LogP contribution in [0.15, 0.2) is 0 Å². The lowest BCUT2D eigenvalue weighted by atomic mass is 9.95. The van der Waals surface area contributed by atoms with E-state index in [0.717, 1.165) is 6.42 Å². The summed E-state index contributed by atoms with van der Waals surface area (Å²) in [5, 5.41) is 8.81. The van der Waals surface area contributed by atoms with Crippen LogP contribution in [0.4, 0.5) is 0 Å². The molecule has 1 aliphatic rings. The molecule has 1 saturated heterocycles. The van der Waals surface area contributed by atoms with E-state index in [2.05, 4.69) is 0 Å². The molecule has 0 aromatic rings. The van der Waals surface area contributed by atoms with Gasteiger partial charge in [-0.1, -0.05) is 20.3 Å². The van der Waals surface area contributed by atoms with Crippen LogP contribution in [-0.4, -0.2) is 41.7 Å². The van der Waals surface area contributed by atoms with Gasteiger partial charge in [0, 0.05) is 25.6 Å². The Morgan fingerprint density at radius 3 is 2.64 bits per heavy atom. The molecule has 1 heterocycles. The van der Waals surface area contributed by atoms with Crippen molar-refractivity contribution in [3.05, 3.63) is 0 Å². The summed E-state index contributed by atoms with van der Waals surface area (Å²) in [5.74, 6) is 0.530. The van der Waals surface area contributed by atoms with Crippen LogP contribution in [0.2, 0.25) is 0 Å². The number of carbonyl (C=O) groups is 1. The first-order chi connectivity index (χ1) is 6.60. The number of likely N-dealkylation sites (tertiary alicyclic amines) is 1. The van der Waals surface area contributed by atoms with Crippen LogP contribution in [0, 0.1) is 11.8 Å². The van der Waals surface area contributed by atoms with E-state index in [1.807, 2.05) is 13.8 Å².